The fourth-order valence-electron chi connectivity index (χ4n) is 8.82. The highest BCUT2D eigenvalue weighted by atomic mass is 19.3. The first-order valence-corrected chi connectivity index (χ1v) is 17.2. The molecule has 0 radical (unpaired) electrons. The van der Waals surface area contributed by atoms with Gasteiger partial charge in [0, 0.05) is 17.9 Å². The normalized spacial score (nSPS) is 36.5. The Hall–Kier alpha value is -3.37. The molecule has 3 heterocycles. The smallest absolute Gasteiger partial charge is 0.306 e. The van der Waals surface area contributed by atoms with E-state index >= 15 is 8.78 Å². The first-order valence-electron chi connectivity index (χ1n) is 17.2. The van der Waals surface area contributed by atoms with Gasteiger partial charge in [-0.05, 0) is 79.7 Å². The monoisotopic (exact) mass is 653 g/mol. The molecule has 1 aromatic carbocycles. The summed E-state index contributed by atoms with van der Waals surface area (Å²) in [6.45, 7) is 7.58. The number of nitrogens with zero attached hydrogens (tertiary/aromatic N) is 3. The van der Waals surface area contributed by atoms with Crippen LogP contribution >= 0.6 is 0 Å². The van der Waals surface area contributed by atoms with Crippen molar-refractivity contribution in [1.82, 2.24) is 14.9 Å². The summed E-state index contributed by atoms with van der Waals surface area (Å²) < 4.78 is 50.9. The third-order valence-electron chi connectivity index (χ3n) is 11.8. The average molecular weight is 654 g/mol. The van der Waals surface area contributed by atoms with Crippen molar-refractivity contribution >= 4 is 29.2 Å². The molecule has 9 nitrogen and oxygen atoms in total. The van der Waals surface area contributed by atoms with Gasteiger partial charge in [0.15, 0.2) is 5.69 Å². The van der Waals surface area contributed by atoms with Crippen molar-refractivity contribution in [3.05, 3.63) is 23.9 Å². The molecule has 2 aromatic rings. The number of hydrogen-bond acceptors (Lipinski definition) is 8. The number of aldehydes is 1. The van der Waals surface area contributed by atoms with Crippen molar-refractivity contribution in [1.29, 1.82) is 0 Å². The van der Waals surface area contributed by atoms with Gasteiger partial charge in [-0.2, -0.15) is 8.78 Å². The molecule has 0 spiro atoms. The Morgan fingerprint density at radius 3 is 2.51 bits per heavy atom. The fourth-order valence-corrected chi connectivity index (χ4v) is 8.82. The molecule has 7 rings (SSSR count). The summed E-state index contributed by atoms with van der Waals surface area (Å²) in [5.41, 5.74) is -0.469. The topological polar surface area (TPSA) is 108 Å². The molecule has 0 N–H and O–H groups in total. The molecule has 47 heavy (non-hydrogen) atoms. The van der Waals surface area contributed by atoms with E-state index in [0.717, 1.165) is 25.5 Å². The van der Waals surface area contributed by atoms with Crippen LogP contribution in [0.15, 0.2) is 18.2 Å². The van der Waals surface area contributed by atoms with Crippen molar-refractivity contribution < 1.29 is 37.4 Å². The highest BCUT2D eigenvalue weighted by Crippen LogP contribution is 2.61. The Balaban J connectivity index is 1.30. The Bertz CT molecular complexity index is 1580. The van der Waals surface area contributed by atoms with E-state index in [4.69, 9.17) is 14.2 Å². The second-order valence-corrected chi connectivity index (χ2v) is 15.6. The molecule has 11 heteroatoms. The summed E-state index contributed by atoms with van der Waals surface area (Å²) in [7, 11) is 1.51. The zero-order valence-electron chi connectivity index (χ0n) is 27.8. The lowest BCUT2D eigenvalue weighted by Crippen LogP contribution is -2.46. The van der Waals surface area contributed by atoms with Gasteiger partial charge >= 0.3 is 5.97 Å². The maximum Gasteiger partial charge on any atom is 0.306 e. The summed E-state index contributed by atoms with van der Waals surface area (Å²) in [5, 5.41) is 0. The highest BCUT2D eigenvalue weighted by Gasteiger charge is 2.60. The zero-order chi connectivity index (χ0) is 33.4. The van der Waals surface area contributed by atoms with Gasteiger partial charge in [0.05, 0.1) is 43.1 Å². The number of rotatable bonds is 3. The number of benzene rings is 1. The van der Waals surface area contributed by atoms with Crippen molar-refractivity contribution in [2.45, 2.75) is 96.8 Å². The van der Waals surface area contributed by atoms with Crippen LogP contribution in [-0.4, -0.2) is 64.9 Å². The molecule has 10 atom stereocenters. The number of hydrogen-bond donors (Lipinski definition) is 0. The Labute approximate surface area is 274 Å². The van der Waals surface area contributed by atoms with Crippen LogP contribution in [0.3, 0.4) is 0 Å². The minimum atomic E-state index is -3.31. The number of alkyl halides is 2. The molecule has 5 aliphatic rings. The predicted molar refractivity (Wildman–Crippen MR) is 168 cm³/mol. The van der Waals surface area contributed by atoms with E-state index in [0.29, 0.717) is 47.9 Å². The van der Waals surface area contributed by atoms with Gasteiger partial charge in [-0.15, -0.1) is 0 Å². The molecule has 2 aliphatic heterocycles. The number of aromatic nitrogens is 2. The van der Waals surface area contributed by atoms with Crippen LogP contribution in [0.5, 0.6) is 11.6 Å². The number of amides is 1. The first-order chi connectivity index (χ1) is 22.3. The third-order valence-corrected chi connectivity index (χ3v) is 11.8. The summed E-state index contributed by atoms with van der Waals surface area (Å²) in [6, 6.07) is 4.05. The number of fused-ring (bicyclic) bond motifs is 8. The number of halogens is 2. The van der Waals surface area contributed by atoms with E-state index in [-0.39, 0.29) is 42.7 Å². The number of esters is 1. The molecular weight excluding hydrogens is 608 g/mol. The molecule has 2 bridgehead atoms. The second kappa shape index (κ2) is 11.7. The van der Waals surface area contributed by atoms with E-state index in [1.165, 1.54) is 12.0 Å². The van der Waals surface area contributed by atoms with Gasteiger partial charge in [0.2, 0.25) is 11.8 Å². The van der Waals surface area contributed by atoms with Gasteiger partial charge in [-0.25, -0.2) is 9.97 Å². The predicted octanol–water partition coefficient (Wildman–Crippen LogP) is 5.96. The maximum atomic E-state index is 16.6. The number of carbonyl (C=O) groups excluding carboxylic acids is 3. The largest absolute Gasteiger partial charge is 0.497 e. The average Bonchev–Trinajstić information content (AvgIpc) is 3.93. The van der Waals surface area contributed by atoms with Gasteiger partial charge < -0.3 is 23.9 Å². The third kappa shape index (κ3) is 5.75. The molecule has 1 amide bonds. The summed E-state index contributed by atoms with van der Waals surface area (Å²) >= 11 is 0. The van der Waals surface area contributed by atoms with Crippen LogP contribution in [0.4, 0.5) is 8.78 Å². The van der Waals surface area contributed by atoms with Crippen molar-refractivity contribution in [3.63, 3.8) is 0 Å². The van der Waals surface area contributed by atoms with Gasteiger partial charge in [-0.1, -0.05) is 27.7 Å². The Kier molecular flexibility index (Phi) is 7.98. The van der Waals surface area contributed by atoms with E-state index in [2.05, 4.69) is 9.97 Å². The van der Waals surface area contributed by atoms with E-state index < -0.39 is 52.9 Å². The van der Waals surface area contributed by atoms with Crippen molar-refractivity contribution in [3.8, 4) is 11.6 Å². The quantitative estimate of drug-likeness (QED) is 0.295. The van der Waals surface area contributed by atoms with Gasteiger partial charge in [0.1, 0.15) is 24.2 Å². The van der Waals surface area contributed by atoms with E-state index in [1.54, 1.807) is 18.2 Å². The molecular formula is C36H45F2N3O6. The van der Waals surface area contributed by atoms with Crippen LogP contribution in [0.2, 0.25) is 0 Å². The minimum Gasteiger partial charge on any atom is -0.497 e. The van der Waals surface area contributed by atoms with Crippen LogP contribution in [0, 0.1) is 46.8 Å². The molecule has 3 aliphatic carbocycles. The Morgan fingerprint density at radius 1 is 1.02 bits per heavy atom. The van der Waals surface area contributed by atoms with Crippen LogP contribution in [-0.2, 0) is 25.0 Å². The lowest BCUT2D eigenvalue weighted by atomic mass is 9.77. The maximum absolute atomic E-state index is 16.6. The summed E-state index contributed by atoms with van der Waals surface area (Å²) in [5.74, 6) is -5.07. The number of carbonyl (C=O) groups is 3. The van der Waals surface area contributed by atoms with E-state index in [9.17, 15) is 14.4 Å². The fraction of sp³-hybridized carbons (Fsp3) is 0.694. The molecule has 4 unspecified atom stereocenters. The number of methoxy groups -OCH3 is 1. The van der Waals surface area contributed by atoms with Crippen molar-refractivity contribution in [2.24, 2.45) is 46.8 Å². The SMILES string of the molecule is CC[C@@H]1[C@@H]2CN(C(=O)[C@H](C(C)(C)C)CC(=O)O[C@@H]3CC4CC4[C@H]3CCC3CC3C(F)(F)c3nc4ccc(OC)cc4nc3O2)[C@@H]1C=O. The standard InChI is InChI=1S/C36H45F2N3O6/c1-6-21-28(17-42)41-16-30(21)47-33-32(39-26-10-8-20(45-5)14-27(26)40-33)36(37,38)24-12-18(24)7-9-22-23-11-19(23)13-29(22)46-31(43)15-25(34(41)44)35(2,3)4/h8,10,14,17-19,21-25,28-30H,6-7,9,11-13,15-16H2,1-5H3/t18?,19?,21-,22+,23?,24?,25+,28+,29+,30-/m0/s1. The summed E-state index contributed by atoms with van der Waals surface area (Å²) in [6.07, 6.45) is 3.62. The molecule has 4 fully saturated rings. The molecule has 1 aromatic heterocycles. The first kappa shape index (κ1) is 32.2. The van der Waals surface area contributed by atoms with Gasteiger partial charge in [0.25, 0.3) is 5.92 Å². The Morgan fingerprint density at radius 2 is 1.81 bits per heavy atom. The summed E-state index contributed by atoms with van der Waals surface area (Å²) in [4.78, 5) is 50.9. The molecule has 254 valence electrons. The second-order valence-electron chi connectivity index (χ2n) is 15.6. The zero-order valence-corrected chi connectivity index (χ0v) is 27.8. The lowest BCUT2D eigenvalue weighted by Gasteiger charge is -2.34. The van der Waals surface area contributed by atoms with Gasteiger partial charge in [-0.3, -0.25) is 9.59 Å². The lowest BCUT2D eigenvalue weighted by molar-refractivity contribution is -0.158. The molecule has 3 saturated carbocycles. The highest BCUT2D eigenvalue weighted by molar-refractivity contribution is 5.87. The molecule has 1 saturated heterocycles. The van der Waals surface area contributed by atoms with Crippen LogP contribution in [0.25, 0.3) is 11.0 Å². The van der Waals surface area contributed by atoms with Crippen LogP contribution < -0.4 is 9.47 Å². The van der Waals surface area contributed by atoms with Crippen LogP contribution in [0.1, 0.15) is 78.3 Å². The minimum absolute atomic E-state index is 0.00860. The van der Waals surface area contributed by atoms with Crippen molar-refractivity contribution in [2.75, 3.05) is 13.7 Å². The number of ether oxygens (including phenoxy) is 3. The van der Waals surface area contributed by atoms with E-state index in [1.807, 2.05) is 27.7 Å².